The lowest BCUT2D eigenvalue weighted by molar-refractivity contribution is 0.0954. The van der Waals surface area contributed by atoms with Gasteiger partial charge in [-0.1, -0.05) is 23.8 Å². The van der Waals surface area contributed by atoms with Crippen LogP contribution in [-0.2, 0) is 0 Å². The normalized spacial score (nSPS) is 13.8. The summed E-state index contributed by atoms with van der Waals surface area (Å²) in [7, 11) is 0. The fourth-order valence-corrected chi connectivity index (χ4v) is 2.64. The molecule has 1 aromatic carbocycles. The van der Waals surface area contributed by atoms with E-state index in [1.165, 1.54) is 18.4 Å². The van der Waals surface area contributed by atoms with Crippen LogP contribution in [0.1, 0.15) is 52.8 Å². The standard InChI is InChI=1S/C19H24N2O2/c1-2-12-20-18(22)16-9-6-10-17(14-16)19(23)21-13-11-15-7-4-3-5-8-15/h2,6-7,9-10,14H,1,3-5,8,11-13H2,(H,20,22)(H,21,23). The first-order valence-corrected chi connectivity index (χ1v) is 8.16. The molecule has 0 saturated heterocycles. The Bertz CT molecular complexity index is 605. The van der Waals surface area contributed by atoms with Gasteiger partial charge < -0.3 is 10.6 Å². The summed E-state index contributed by atoms with van der Waals surface area (Å²) < 4.78 is 0. The topological polar surface area (TPSA) is 58.2 Å². The van der Waals surface area contributed by atoms with Gasteiger partial charge in [-0.15, -0.1) is 6.58 Å². The van der Waals surface area contributed by atoms with Crippen molar-refractivity contribution in [1.29, 1.82) is 0 Å². The third kappa shape index (κ3) is 5.40. The second-order valence-electron chi connectivity index (χ2n) is 5.69. The molecule has 0 heterocycles. The Balaban J connectivity index is 1.87. The molecule has 2 amide bonds. The summed E-state index contributed by atoms with van der Waals surface area (Å²) in [4.78, 5) is 24.1. The number of benzene rings is 1. The first-order valence-electron chi connectivity index (χ1n) is 8.16. The lowest BCUT2D eigenvalue weighted by atomic mass is 9.97. The quantitative estimate of drug-likeness (QED) is 0.760. The fourth-order valence-electron chi connectivity index (χ4n) is 2.64. The predicted molar refractivity (Wildman–Crippen MR) is 92.5 cm³/mol. The summed E-state index contributed by atoms with van der Waals surface area (Å²) in [5.74, 6) is -0.341. The minimum atomic E-state index is -0.202. The van der Waals surface area contributed by atoms with Crippen molar-refractivity contribution in [2.24, 2.45) is 0 Å². The highest BCUT2D eigenvalue weighted by molar-refractivity contribution is 5.99. The summed E-state index contributed by atoms with van der Waals surface area (Å²) >= 11 is 0. The van der Waals surface area contributed by atoms with Crippen LogP contribution in [0, 0.1) is 0 Å². The first-order chi connectivity index (χ1) is 11.2. The van der Waals surface area contributed by atoms with Crippen molar-refractivity contribution < 1.29 is 9.59 Å². The second-order valence-corrected chi connectivity index (χ2v) is 5.69. The van der Waals surface area contributed by atoms with E-state index in [0.29, 0.717) is 24.2 Å². The molecule has 0 atom stereocenters. The zero-order chi connectivity index (χ0) is 16.5. The molecule has 2 N–H and O–H groups in total. The molecule has 1 aromatic rings. The SMILES string of the molecule is C=CCNC(=O)c1cccc(C(=O)NCCC2=CCCCC2)c1. The highest BCUT2D eigenvalue weighted by Gasteiger charge is 2.10. The largest absolute Gasteiger partial charge is 0.352 e. The van der Waals surface area contributed by atoms with Crippen molar-refractivity contribution in [2.75, 3.05) is 13.1 Å². The number of nitrogens with one attached hydrogen (secondary N) is 2. The smallest absolute Gasteiger partial charge is 0.251 e. The van der Waals surface area contributed by atoms with Crippen LogP contribution in [0.3, 0.4) is 0 Å². The number of rotatable bonds is 7. The average Bonchev–Trinajstić information content (AvgIpc) is 2.60. The van der Waals surface area contributed by atoms with Crippen LogP contribution in [0.15, 0.2) is 48.6 Å². The first kappa shape index (κ1) is 17.0. The van der Waals surface area contributed by atoms with Gasteiger partial charge in [0.2, 0.25) is 0 Å². The highest BCUT2D eigenvalue weighted by atomic mass is 16.2. The van der Waals surface area contributed by atoms with Crippen LogP contribution >= 0.6 is 0 Å². The zero-order valence-electron chi connectivity index (χ0n) is 13.4. The molecule has 0 fully saturated rings. The van der Waals surface area contributed by atoms with Crippen molar-refractivity contribution in [3.8, 4) is 0 Å². The molecule has 23 heavy (non-hydrogen) atoms. The van der Waals surface area contributed by atoms with Gasteiger partial charge in [-0.2, -0.15) is 0 Å². The molecular weight excluding hydrogens is 288 g/mol. The number of amides is 2. The van der Waals surface area contributed by atoms with E-state index in [9.17, 15) is 9.59 Å². The molecule has 4 nitrogen and oxygen atoms in total. The van der Waals surface area contributed by atoms with Crippen molar-refractivity contribution >= 4 is 11.8 Å². The summed E-state index contributed by atoms with van der Waals surface area (Å²) in [5.41, 5.74) is 2.43. The van der Waals surface area contributed by atoms with Gasteiger partial charge in [0, 0.05) is 24.2 Å². The molecule has 1 aliphatic rings. The van der Waals surface area contributed by atoms with Crippen LogP contribution in [0.2, 0.25) is 0 Å². The number of hydrogen-bond acceptors (Lipinski definition) is 2. The Labute approximate surface area is 137 Å². The van der Waals surface area contributed by atoms with Crippen molar-refractivity contribution in [3.05, 3.63) is 59.7 Å². The molecule has 0 saturated carbocycles. The minimum absolute atomic E-state index is 0.139. The Morgan fingerprint density at radius 2 is 1.87 bits per heavy atom. The number of allylic oxidation sites excluding steroid dienone is 1. The van der Waals surface area contributed by atoms with Gasteiger partial charge in [0.25, 0.3) is 11.8 Å². The minimum Gasteiger partial charge on any atom is -0.352 e. The van der Waals surface area contributed by atoms with Crippen molar-refractivity contribution in [3.63, 3.8) is 0 Å². The lowest BCUT2D eigenvalue weighted by Gasteiger charge is -2.13. The van der Waals surface area contributed by atoms with Gasteiger partial charge >= 0.3 is 0 Å². The molecule has 0 spiro atoms. The van der Waals surface area contributed by atoms with E-state index in [0.717, 1.165) is 19.3 Å². The van der Waals surface area contributed by atoms with Gasteiger partial charge in [0.1, 0.15) is 0 Å². The number of hydrogen-bond donors (Lipinski definition) is 2. The summed E-state index contributed by atoms with van der Waals surface area (Å²) in [6.07, 6.45) is 9.65. The van der Waals surface area contributed by atoms with Crippen molar-refractivity contribution in [1.82, 2.24) is 10.6 Å². The molecule has 0 aromatic heterocycles. The molecule has 1 aliphatic carbocycles. The third-order valence-electron chi connectivity index (χ3n) is 3.91. The van der Waals surface area contributed by atoms with Gasteiger partial charge in [-0.3, -0.25) is 9.59 Å². The molecule has 122 valence electrons. The van der Waals surface area contributed by atoms with E-state index in [1.54, 1.807) is 30.3 Å². The Morgan fingerprint density at radius 3 is 2.52 bits per heavy atom. The van der Waals surface area contributed by atoms with Crippen LogP contribution in [0.25, 0.3) is 0 Å². The van der Waals surface area contributed by atoms with E-state index in [1.807, 2.05) is 0 Å². The van der Waals surface area contributed by atoms with Gasteiger partial charge in [-0.25, -0.2) is 0 Å². The van der Waals surface area contributed by atoms with Crippen molar-refractivity contribution in [2.45, 2.75) is 32.1 Å². The molecular formula is C19H24N2O2. The summed E-state index contributed by atoms with van der Waals surface area (Å²) in [5, 5.41) is 5.63. The Morgan fingerprint density at radius 1 is 1.13 bits per heavy atom. The van der Waals surface area contributed by atoms with E-state index < -0.39 is 0 Å². The maximum atomic E-state index is 12.2. The third-order valence-corrected chi connectivity index (χ3v) is 3.91. The molecule has 2 rings (SSSR count). The van der Waals surface area contributed by atoms with Crippen LogP contribution in [-0.4, -0.2) is 24.9 Å². The predicted octanol–water partition coefficient (Wildman–Crippen LogP) is 3.22. The molecule has 0 bridgehead atoms. The monoisotopic (exact) mass is 312 g/mol. The number of carbonyl (C=O) groups is 2. The Hall–Kier alpha value is -2.36. The van der Waals surface area contributed by atoms with Crippen LogP contribution < -0.4 is 10.6 Å². The molecule has 0 aliphatic heterocycles. The van der Waals surface area contributed by atoms with E-state index >= 15 is 0 Å². The Kier molecular flexibility index (Phi) is 6.60. The lowest BCUT2D eigenvalue weighted by Crippen LogP contribution is -2.26. The molecule has 4 heteroatoms. The van der Waals surface area contributed by atoms with Gasteiger partial charge in [-0.05, 0) is 50.3 Å². The summed E-state index contributed by atoms with van der Waals surface area (Å²) in [6.45, 7) is 4.60. The van der Waals surface area contributed by atoms with E-state index in [2.05, 4.69) is 23.3 Å². The maximum absolute atomic E-state index is 12.2. The van der Waals surface area contributed by atoms with Crippen LogP contribution in [0.5, 0.6) is 0 Å². The highest BCUT2D eigenvalue weighted by Crippen LogP contribution is 2.19. The fraction of sp³-hybridized carbons (Fsp3) is 0.368. The van der Waals surface area contributed by atoms with Crippen LogP contribution in [0.4, 0.5) is 0 Å². The average molecular weight is 312 g/mol. The molecule has 0 unspecified atom stereocenters. The zero-order valence-corrected chi connectivity index (χ0v) is 13.4. The second kappa shape index (κ2) is 8.93. The van der Waals surface area contributed by atoms with E-state index in [4.69, 9.17) is 0 Å². The number of carbonyl (C=O) groups excluding carboxylic acids is 2. The molecule has 0 radical (unpaired) electrons. The maximum Gasteiger partial charge on any atom is 0.251 e. The van der Waals surface area contributed by atoms with E-state index in [-0.39, 0.29) is 11.8 Å². The van der Waals surface area contributed by atoms with Gasteiger partial charge in [0.15, 0.2) is 0 Å². The summed E-state index contributed by atoms with van der Waals surface area (Å²) in [6, 6.07) is 6.76. The van der Waals surface area contributed by atoms with Gasteiger partial charge in [0.05, 0.1) is 0 Å².